The van der Waals surface area contributed by atoms with E-state index in [1.807, 2.05) is 24.3 Å². The van der Waals surface area contributed by atoms with Crippen LogP contribution >= 0.6 is 0 Å². The molecule has 0 bridgehead atoms. The van der Waals surface area contributed by atoms with Crippen LogP contribution in [0.5, 0.6) is 0 Å². The van der Waals surface area contributed by atoms with E-state index in [0.717, 1.165) is 22.3 Å². The summed E-state index contributed by atoms with van der Waals surface area (Å²) in [6.07, 6.45) is 16.1. The largest absolute Gasteiger partial charge is 0.310 e. The zero-order chi connectivity index (χ0) is 21.5. The fourth-order valence-electron chi connectivity index (χ4n) is 3.02. The first-order valence-corrected chi connectivity index (χ1v) is 9.62. The third-order valence-electron chi connectivity index (χ3n) is 4.56. The first-order chi connectivity index (χ1) is 15.2. The van der Waals surface area contributed by atoms with Crippen LogP contribution in [-0.4, -0.2) is 25.8 Å². The Bertz CT molecular complexity index is 1210. The Labute approximate surface area is 178 Å². The standard InChI is InChI=1S/C24H18FN5O/c25-22-14-19(9-10-28-22)18-4-2-1-3-17(5-6-18)13-24(31)30-23-8-7-20(15-29-23)21-16-26-11-12-27-21/h2-3,5-12,14-16H,4,13H2,(H,29,30,31). The molecule has 0 saturated carbocycles. The molecule has 6 nitrogen and oxygen atoms in total. The fraction of sp³-hybridized carbons (Fsp3) is 0.0833. The molecule has 3 heterocycles. The highest BCUT2D eigenvalue weighted by Gasteiger charge is 2.08. The minimum atomic E-state index is -0.526. The summed E-state index contributed by atoms with van der Waals surface area (Å²) in [5.41, 5.74) is 7.03. The molecule has 0 aromatic carbocycles. The Morgan fingerprint density at radius 3 is 2.74 bits per heavy atom. The molecule has 0 aliphatic heterocycles. The molecule has 4 rings (SSSR count). The molecule has 7 heteroatoms. The van der Waals surface area contributed by atoms with E-state index in [1.165, 1.54) is 12.3 Å². The summed E-state index contributed by atoms with van der Waals surface area (Å²) in [7, 11) is 0. The maximum Gasteiger partial charge on any atom is 0.229 e. The van der Waals surface area contributed by atoms with Gasteiger partial charge in [0.05, 0.1) is 18.3 Å². The highest BCUT2D eigenvalue weighted by molar-refractivity contribution is 5.92. The number of carbonyl (C=O) groups excluding carboxylic acids is 1. The van der Waals surface area contributed by atoms with Crippen LogP contribution in [0.4, 0.5) is 10.2 Å². The molecule has 3 aromatic heterocycles. The van der Waals surface area contributed by atoms with Gasteiger partial charge in [0, 0.05) is 36.4 Å². The van der Waals surface area contributed by atoms with Gasteiger partial charge in [-0.1, -0.05) is 12.2 Å². The minimum absolute atomic E-state index is 0.156. The molecule has 3 aromatic rings. The van der Waals surface area contributed by atoms with E-state index >= 15 is 0 Å². The molecule has 1 N–H and O–H groups in total. The number of pyridine rings is 2. The molecular weight excluding hydrogens is 393 g/mol. The van der Waals surface area contributed by atoms with Crippen molar-refractivity contribution >= 4 is 17.3 Å². The fourth-order valence-corrected chi connectivity index (χ4v) is 3.02. The van der Waals surface area contributed by atoms with Gasteiger partial charge in [-0.25, -0.2) is 9.97 Å². The zero-order valence-electron chi connectivity index (χ0n) is 16.5. The Kier molecular flexibility index (Phi) is 6.16. The van der Waals surface area contributed by atoms with Crippen molar-refractivity contribution in [3.63, 3.8) is 0 Å². The number of nitrogens with zero attached hydrogens (tertiary/aromatic N) is 4. The molecule has 0 radical (unpaired) electrons. The third-order valence-corrected chi connectivity index (χ3v) is 4.56. The Balaban J connectivity index is 1.43. The molecule has 1 aliphatic carbocycles. The van der Waals surface area contributed by atoms with Crippen molar-refractivity contribution in [1.82, 2.24) is 19.9 Å². The first-order valence-electron chi connectivity index (χ1n) is 9.62. The molecule has 152 valence electrons. The number of anilines is 1. The van der Waals surface area contributed by atoms with Crippen LogP contribution in [0.25, 0.3) is 16.8 Å². The molecule has 0 spiro atoms. The summed E-state index contributed by atoms with van der Waals surface area (Å²) in [5, 5.41) is 2.79. The highest BCUT2D eigenvalue weighted by Crippen LogP contribution is 2.21. The summed E-state index contributed by atoms with van der Waals surface area (Å²) in [6, 6.07) is 6.69. The van der Waals surface area contributed by atoms with E-state index < -0.39 is 5.95 Å². The zero-order valence-corrected chi connectivity index (χ0v) is 16.5. The van der Waals surface area contributed by atoms with Crippen molar-refractivity contribution in [2.45, 2.75) is 12.8 Å². The summed E-state index contributed by atoms with van der Waals surface area (Å²) >= 11 is 0. The smallest absolute Gasteiger partial charge is 0.229 e. The van der Waals surface area contributed by atoms with Gasteiger partial charge in [0.2, 0.25) is 11.9 Å². The number of hydrogen-bond donors (Lipinski definition) is 1. The Morgan fingerprint density at radius 2 is 1.97 bits per heavy atom. The minimum Gasteiger partial charge on any atom is -0.310 e. The van der Waals surface area contributed by atoms with Gasteiger partial charge in [-0.3, -0.25) is 14.8 Å². The maximum absolute atomic E-state index is 13.4. The van der Waals surface area contributed by atoms with Crippen molar-refractivity contribution in [2.24, 2.45) is 0 Å². The molecule has 0 fully saturated rings. The predicted octanol–water partition coefficient (Wildman–Crippen LogP) is 4.53. The van der Waals surface area contributed by atoms with Crippen molar-refractivity contribution in [2.75, 3.05) is 5.32 Å². The molecule has 0 saturated heterocycles. The van der Waals surface area contributed by atoms with Crippen LogP contribution in [-0.2, 0) is 4.79 Å². The number of amides is 1. The summed E-state index contributed by atoms with van der Waals surface area (Å²) in [6.45, 7) is 0. The number of carbonyl (C=O) groups is 1. The van der Waals surface area contributed by atoms with E-state index in [9.17, 15) is 9.18 Å². The predicted molar refractivity (Wildman–Crippen MR) is 116 cm³/mol. The number of aromatic nitrogens is 4. The van der Waals surface area contributed by atoms with E-state index in [1.54, 1.807) is 43.0 Å². The first kappa shape index (κ1) is 20.1. The second-order valence-corrected chi connectivity index (χ2v) is 6.77. The topological polar surface area (TPSA) is 80.7 Å². The number of nitrogens with one attached hydrogen (secondary N) is 1. The SMILES string of the molecule is O=C(CC1=CC=C(c2ccnc(F)c2)CC=C=C1)Nc1ccc(-c2cnccn2)cn1. The van der Waals surface area contributed by atoms with E-state index in [0.29, 0.717) is 17.9 Å². The normalized spacial score (nSPS) is 13.1. The monoisotopic (exact) mass is 411 g/mol. The summed E-state index contributed by atoms with van der Waals surface area (Å²) in [4.78, 5) is 28.6. The molecule has 0 atom stereocenters. The summed E-state index contributed by atoms with van der Waals surface area (Å²) in [5.74, 6) is -0.275. The lowest BCUT2D eigenvalue weighted by atomic mass is 10.0. The number of halogens is 1. The summed E-state index contributed by atoms with van der Waals surface area (Å²) < 4.78 is 13.4. The van der Waals surface area contributed by atoms with Gasteiger partial charge in [-0.15, -0.1) is 5.73 Å². The lowest BCUT2D eigenvalue weighted by Crippen LogP contribution is -2.12. The van der Waals surface area contributed by atoms with E-state index in [4.69, 9.17) is 0 Å². The number of hydrogen-bond acceptors (Lipinski definition) is 5. The maximum atomic E-state index is 13.4. The van der Waals surface area contributed by atoms with Crippen molar-refractivity contribution < 1.29 is 9.18 Å². The molecule has 31 heavy (non-hydrogen) atoms. The van der Waals surface area contributed by atoms with Crippen LogP contribution in [0.15, 0.2) is 90.9 Å². The lowest BCUT2D eigenvalue weighted by Gasteiger charge is -2.08. The molecular formula is C24H18FN5O. The van der Waals surface area contributed by atoms with Crippen LogP contribution in [0.3, 0.4) is 0 Å². The van der Waals surface area contributed by atoms with E-state index in [-0.39, 0.29) is 12.3 Å². The van der Waals surface area contributed by atoms with Gasteiger partial charge < -0.3 is 5.32 Å². The Morgan fingerprint density at radius 1 is 1.03 bits per heavy atom. The van der Waals surface area contributed by atoms with Gasteiger partial charge >= 0.3 is 0 Å². The Hall–Kier alpha value is -4.22. The lowest BCUT2D eigenvalue weighted by molar-refractivity contribution is -0.115. The van der Waals surface area contributed by atoms with E-state index in [2.05, 4.69) is 31.0 Å². The third kappa shape index (κ3) is 5.44. The van der Waals surface area contributed by atoms with Crippen molar-refractivity contribution in [3.05, 3.63) is 102 Å². The van der Waals surface area contributed by atoms with Crippen LogP contribution in [0, 0.1) is 5.95 Å². The number of allylic oxidation sites excluding steroid dienone is 4. The molecule has 0 unspecified atom stereocenters. The van der Waals surface area contributed by atoms with Gasteiger partial charge in [-0.2, -0.15) is 4.39 Å². The van der Waals surface area contributed by atoms with Crippen molar-refractivity contribution in [1.29, 1.82) is 0 Å². The second-order valence-electron chi connectivity index (χ2n) is 6.77. The van der Waals surface area contributed by atoms with Gasteiger partial charge in [0.15, 0.2) is 0 Å². The highest BCUT2D eigenvalue weighted by atomic mass is 19.1. The van der Waals surface area contributed by atoms with Crippen LogP contribution in [0.1, 0.15) is 18.4 Å². The van der Waals surface area contributed by atoms with Gasteiger partial charge in [-0.05, 0) is 53.5 Å². The van der Waals surface area contributed by atoms with Gasteiger partial charge in [0.1, 0.15) is 5.82 Å². The quantitative estimate of drug-likeness (QED) is 0.493. The van der Waals surface area contributed by atoms with Crippen molar-refractivity contribution in [3.8, 4) is 11.3 Å². The second kappa shape index (κ2) is 9.52. The average molecular weight is 411 g/mol. The average Bonchev–Trinajstić information content (AvgIpc) is 2.77. The molecule has 1 aliphatic rings. The number of rotatable bonds is 5. The van der Waals surface area contributed by atoms with Crippen LogP contribution < -0.4 is 5.32 Å². The van der Waals surface area contributed by atoms with Gasteiger partial charge in [0.25, 0.3) is 0 Å². The van der Waals surface area contributed by atoms with Crippen LogP contribution in [0.2, 0.25) is 0 Å². The molecule has 1 amide bonds.